The standard InChI is InChI=1S/C45H39O3S4.CH4O3S/c1-28-25-37(13-22-43(28)31(4)46)49-34-7-16-40(17-8-34)52(41-18-9-35(10-19-41)50-38-14-23-44(32(5)47)29(2)26-38)42-20-11-36(12-21-42)51-39-15-24-45(33(6)48)30(3)27-39;1-5(2,3)4/h7-27H,1-6H3;1H3,(H,2,3,4)/q+1;/p-1. The summed E-state index contributed by atoms with van der Waals surface area (Å²) in [6.45, 7) is 10.8. The van der Waals surface area contributed by atoms with Crippen molar-refractivity contribution in [2.75, 3.05) is 6.26 Å². The van der Waals surface area contributed by atoms with Crippen LogP contribution in [0.3, 0.4) is 0 Å². The van der Waals surface area contributed by atoms with Crippen LogP contribution in [0.4, 0.5) is 0 Å². The highest BCUT2D eigenvalue weighted by atomic mass is 32.2. The summed E-state index contributed by atoms with van der Waals surface area (Å²) in [4.78, 5) is 46.2. The molecule has 11 heteroatoms. The first kappa shape index (κ1) is 43.8. The van der Waals surface area contributed by atoms with Gasteiger partial charge in [-0.1, -0.05) is 53.5 Å². The predicted molar refractivity (Wildman–Crippen MR) is 233 cm³/mol. The number of rotatable bonds is 12. The zero-order valence-corrected chi connectivity index (χ0v) is 36.7. The van der Waals surface area contributed by atoms with Crippen LogP contribution in [0, 0.1) is 20.8 Å². The highest BCUT2D eigenvalue weighted by molar-refractivity contribution is 8.00. The van der Waals surface area contributed by atoms with Gasteiger partial charge in [0.2, 0.25) is 0 Å². The first-order chi connectivity index (χ1) is 26.9. The van der Waals surface area contributed by atoms with Crippen molar-refractivity contribution >= 4 is 73.6 Å². The van der Waals surface area contributed by atoms with Crippen LogP contribution in [-0.4, -0.2) is 36.6 Å². The maximum Gasteiger partial charge on any atom is 0.166 e. The Hall–Kier alpha value is -4.36. The molecule has 57 heavy (non-hydrogen) atoms. The molecule has 0 spiro atoms. The van der Waals surface area contributed by atoms with Gasteiger partial charge in [0.05, 0.1) is 21.0 Å². The summed E-state index contributed by atoms with van der Waals surface area (Å²) in [6, 6.07) is 44.5. The van der Waals surface area contributed by atoms with E-state index in [4.69, 9.17) is 13.0 Å². The topological polar surface area (TPSA) is 108 Å². The van der Waals surface area contributed by atoms with Crippen molar-refractivity contribution < 1.29 is 27.4 Å². The van der Waals surface area contributed by atoms with Crippen molar-refractivity contribution in [2.24, 2.45) is 0 Å². The van der Waals surface area contributed by atoms with Gasteiger partial charge in [0.25, 0.3) is 0 Å². The van der Waals surface area contributed by atoms with Crippen molar-refractivity contribution in [2.45, 2.75) is 85.6 Å². The van der Waals surface area contributed by atoms with Crippen LogP contribution in [0.5, 0.6) is 0 Å². The largest absolute Gasteiger partial charge is 0.748 e. The van der Waals surface area contributed by atoms with Gasteiger partial charge in [-0.05, 0) is 167 Å². The molecular formula is C46H42O6S5. The van der Waals surface area contributed by atoms with Crippen LogP contribution in [0.25, 0.3) is 0 Å². The quantitative estimate of drug-likeness (QED) is 0.0675. The van der Waals surface area contributed by atoms with Crippen LogP contribution in [-0.2, 0) is 21.0 Å². The molecule has 6 aromatic rings. The van der Waals surface area contributed by atoms with E-state index >= 15 is 0 Å². The molecule has 0 bridgehead atoms. The van der Waals surface area contributed by atoms with Crippen molar-refractivity contribution in [1.82, 2.24) is 0 Å². The molecule has 0 aliphatic carbocycles. The summed E-state index contributed by atoms with van der Waals surface area (Å²) < 4.78 is 27.2. The molecule has 0 fully saturated rings. The Morgan fingerprint density at radius 1 is 0.439 bits per heavy atom. The smallest absolute Gasteiger partial charge is 0.166 e. The third-order valence-electron chi connectivity index (χ3n) is 8.62. The summed E-state index contributed by atoms with van der Waals surface area (Å²) >= 11 is 5.09. The number of Topliss-reactive ketones (excluding diaryl/α,β-unsaturated/α-hetero) is 3. The molecule has 0 heterocycles. The van der Waals surface area contributed by atoms with Gasteiger partial charge in [0.1, 0.15) is 0 Å². The number of carbonyl (C=O) groups is 3. The molecule has 6 nitrogen and oxygen atoms in total. The van der Waals surface area contributed by atoms with E-state index in [9.17, 15) is 14.4 Å². The molecule has 0 aliphatic rings. The average molecular weight is 851 g/mol. The van der Waals surface area contributed by atoms with Gasteiger partial charge in [0, 0.05) is 52.3 Å². The lowest BCUT2D eigenvalue weighted by Crippen LogP contribution is -2.04. The summed E-state index contributed by atoms with van der Waals surface area (Å²) in [5.41, 5.74) is 5.26. The second-order valence-corrected chi connectivity index (χ2v) is 20.2. The molecule has 0 atom stereocenters. The third kappa shape index (κ3) is 12.6. The SMILES string of the molecule is CC(=O)c1ccc(Sc2ccc([S+](c3ccc(Sc4ccc(C(C)=O)c(C)c4)cc3)c3ccc(Sc4ccc(C(C)=O)c(C)c4)cc3)cc2)cc1C.CS(=O)(=O)[O-]. The van der Waals surface area contributed by atoms with Crippen LogP contribution in [0.1, 0.15) is 68.5 Å². The fraction of sp³-hybridized carbons (Fsp3) is 0.152. The molecule has 0 N–H and O–H groups in total. The van der Waals surface area contributed by atoms with Gasteiger partial charge in [-0.25, -0.2) is 8.42 Å². The van der Waals surface area contributed by atoms with Gasteiger partial charge in [-0.15, -0.1) is 0 Å². The maximum atomic E-state index is 11.9. The predicted octanol–water partition coefficient (Wildman–Crippen LogP) is 11.9. The Morgan fingerprint density at radius 2 is 0.649 bits per heavy atom. The van der Waals surface area contributed by atoms with Crippen molar-refractivity contribution in [3.05, 3.63) is 161 Å². The second-order valence-electron chi connectivity index (χ2n) is 13.3. The number of carbonyl (C=O) groups excluding carboxylic acids is 3. The lowest BCUT2D eigenvalue weighted by molar-refractivity contribution is 0.100. The minimum atomic E-state index is -3.92. The molecule has 0 aromatic heterocycles. The van der Waals surface area contributed by atoms with Crippen molar-refractivity contribution in [3.63, 3.8) is 0 Å². The molecule has 0 amide bonds. The number of ketones is 3. The van der Waals surface area contributed by atoms with Gasteiger partial charge in [-0.3, -0.25) is 14.4 Å². The van der Waals surface area contributed by atoms with Crippen molar-refractivity contribution in [3.8, 4) is 0 Å². The molecule has 6 rings (SSSR count). The average Bonchev–Trinajstić information content (AvgIpc) is 3.13. The molecule has 0 aliphatic heterocycles. The van der Waals surface area contributed by atoms with Crippen LogP contribution in [0.15, 0.2) is 171 Å². The van der Waals surface area contributed by atoms with Crippen LogP contribution < -0.4 is 0 Å². The molecule has 292 valence electrons. The Bertz CT molecular complexity index is 2260. The van der Waals surface area contributed by atoms with E-state index in [0.717, 1.165) is 62.8 Å². The molecule has 0 unspecified atom stereocenters. The molecule has 0 saturated heterocycles. The lowest BCUT2D eigenvalue weighted by atomic mass is 10.1. The van der Waals surface area contributed by atoms with Crippen LogP contribution in [0.2, 0.25) is 0 Å². The van der Waals surface area contributed by atoms with Gasteiger partial charge in [-0.2, -0.15) is 0 Å². The van der Waals surface area contributed by atoms with E-state index < -0.39 is 10.1 Å². The molecule has 6 aromatic carbocycles. The first-order valence-electron chi connectivity index (χ1n) is 17.8. The van der Waals surface area contributed by atoms with E-state index in [2.05, 4.69) is 91.0 Å². The van der Waals surface area contributed by atoms with Gasteiger partial charge >= 0.3 is 0 Å². The minimum absolute atomic E-state index is 0.0838. The zero-order valence-electron chi connectivity index (χ0n) is 32.6. The zero-order chi connectivity index (χ0) is 41.4. The fourth-order valence-electron chi connectivity index (χ4n) is 6.03. The van der Waals surface area contributed by atoms with Gasteiger partial charge in [0.15, 0.2) is 32.0 Å². The molecule has 0 radical (unpaired) electrons. The highest BCUT2D eigenvalue weighted by Gasteiger charge is 2.29. The summed E-state index contributed by atoms with van der Waals surface area (Å²) in [6.07, 6.45) is 0.604. The van der Waals surface area contributed by atoms with E-state index in [1.165, 1.54) is 14.7 Å². The Morgan fingerprint density at radius 3 is 0.842 bits per heavy atom. The monoisotopic (exact) mass is 850 g/mol. The van der Waals surface area contributed by atoms with Crippen LogP contribution >= 0.6 is 35.3 Å². The van der Waals surface area contributed by atoms with E-state index in [1.54, 1.807) is 56.1 Å². The lowest BCUT2D eigenvalue weighted by Gasteiger charge is -2.11. The highest BCUT2D eigenvalue weighted by Crippen LogP contribution is 2.38. The number of benzene rings is 6. The summed E-state index contributed by atoms with van der Waals surface area (Å²) in [5.74, 6) is 0.251. The van der Waals surface area contributed by atoms with E-state index in [1.807, 2.05) is 57.2 Å². The number of hydrogen-bond donors (Lipinski definition) is 0. The Kier molecular flexibility index (Phi) is 14.9. The summed E-state index contributed by atoms with van der Waals surface area (Å²) in [5, 5.41) is 0. The Balaban J connectivity index is 0.00000117. The van der Waals surface area contributed by atoms with E-state index in [0.29, 0.717) is 6.26 Å². The minimum Gasteiger partial charge on any atom is -0.748 e. The third-order valence-corrected chi connectivity index (χ3v) is 13.8. The fourth-order valence-corrected chi connectivity index (χ4v) is 10.8. The number of hydrogen-bond acceptors (Lipinski definition) is 9. The maximum absolute atomic E-state index is 11.9. The molecular weight excluding hydrogens is 809 g/mol. The molecule has 0 saturated carbocycles. The second kappa shape index (κ2) is 19.4. The summed E-state index contributed by atoms with van der Waals surface area (Å²) in [7, 11) is -4.27. The first-order valence-corrected chi connectivity index (χ1v) is 23.3. The number of aryl methyl sites for hydroxylation is 3. The Labute approximate surface area is 351 Å². The van der Waals surface area contributed by atoms with Crippen molar-refractivity contribution in [1.29, 1.82) is 0 Å². The van der Waals surface area contributed by atoms with Gasteiger partial charge < -0.3 is 4.55 Å². The van der Waals surface area contributed by atoms with E-state index in [-0.39, 0.29) is 28.2 Å². The normalized spacial score (nSPS) is 11.2.